The summed E-state index contributed by atoms with van der Waals surface area (Å²) < 4.78 is 21.3. The molecule has 0 aliphatic heterocycles. The molecule has 0 fully saturated rings. The number of phenols is 2. The van der Waals surface area contributed by atoms with Crippen LogP contribution in [0, 0.1) is 0 Å². The van der Waals surface area contributed by atoms with Gasteiger partial charge in [-0.15, -0.1) is 0 Å². The molecule has 0 spiro atoms. The van der Waals surface area contributed by atoms with Crippen LogP contribution in [-0.2, 0) is 4.79 Å². The van der Waals surface area contributed by atoms with E-state index in [9.17, 15) is 15.0 Å². The average Bonchev–Trinajstić information content (AvgIpc) is 2.87. The second-order valence-corrected chi connectivity index (χ2v) is 7.29. The Morgan fingerprint density at radius 3 is 2.06 bits per heavy atom. The lowest BCUT2D eigenvalue weighted by molar-refractivity contribution is -0.111. The van der Waals surface area contributed by atoms with E-state index >= 15 is 0 Å². The molecular formula is C27H27NO7. The number of benzene rings is 3. The number of nitrogens with one attached hydrogen (secondary N) is 1. The summed E-state index contributed by atoms with van der Waals surface area (Å²) >= 11 is 0. The van der Waals surface area contributed by atoms with Crippen molar-refractivity contribution in [1.29, 1.82) is 0 Å². The molecule has 182 valence electrons. The fourth-order valence-corrected chi connectivity index (χ4v) is 3.37. The van der Waals surface area contributed by atoms with Crippen LogP contribution in [0.15, 0.2) is 54.6 Å². The van der Waals surface area contributed by atoms with Crippen molar-refractivity contribution in [2.45, 2.75) is 0 Å². The molecule has 0 aliphatic rings. The van der Waals surface area contributed by atoms with Crippen molar-refractivity contribution in [3.8, 4) is 34.5 Å². The van der Waals surface area contributed by atoms with Crippen LogP contribution in [0.1, 0.15) is 16.7 Å². The van der Waals surface area contributed by atoms with Crippen LogP contribution in [0.4, 0.5) is 5.69 Å². The molecule has 0 heterocycles. The van der Waals surface area contributed by atoms with Gasteiger partial charge in [-0.25, -0.2) is 0 Å². The number of phenolic OH excluding ortho intramolecular Hbond substituents is 2. The predicted molar refractivity (Wildman–Crippen MR) is 135 cm³/mol. The van der Waals surface area contributed by atoms with E-state index in [0.717, 1.165) is 5.56 Å². The van der Waals surface area contributed by atoms with Gasteiger partial charge >= 0.3 is 0 Å². The zero-order valence-electron chi connectivity index (χ0n) is 19.9. The number of amides is 1. The first-order chi connectivity index (χ1) is 16.9. The first kappa shape index (κ1) is 25.0. The van der Waals surface area contributed by atoms with Crippen LogP contribution in [0.3, 0.4) is 0 Å². The Kier molecular flexibility index (Phi) is 8.24. The van der Waals surface area contributed by atoms with E-state index in [1.807, 2.05) is 0 Å². The van der Waals surface area contributed by atoms with Gasteiger partial charge in [0.25, 0.3) is 0 Å². The van der Waals surface area contributed by atoms with Crippen LogP contribution < -0.4 is 24.3 Å². The van der Waals surface area contributed by atoms with Crippen molar-refractivity contribution in [3.05, 3.63) is 71.3 Å². The van der Waals surface area contributed by atoms with E-state index in [2.05, 4.69) is 5.32 Å². The Balaban J connectivity index is 1.93. The number of aromatic hydroxyl groups is 2. The number of carbonyl (C=O) groups is 1. The molecule has 0 radical (unpaired) electrons. The first-order valence-corrected chi connectivity index (χ1v) is 10.6. The summed E-state index contributed by atoms with van der Waals surface area (Å²) in [5, 5.41) is 23.0. The Bertz CT molecular complexity index is 1240. The predicted octanol–water partition coefficient (Wildman–Crippen LogP) is 4.95. The number of hydrogen-bond acceptors (Lipinski definition) is 7. The van der Waals surface area contributed by atoms with E-state index in [-0.39, 0.29) is 22.9 Å². The minimum absolute atomic E-state index is 0.0946. The molecule has 35 heavy (non-hydrogen) atoms. The van der Waals surface area contributed by atoms with Crippen molar-refractivity contribution in [2.75, 3.05) is 33.8 Å². The molecule has 0 aromatic heterocycles. The fourth-order valence-electron chi connectivity index (χ4n) is 3.37. The maximum absolute atomic E-state index is 12.6. The molecule has 0 saturated carbocycles. The summed E-state index contributed by atoms with van der Waals surface area (Å²) in [5.74, 6) is 1.09. The van der Waals surface area contributed by atoms with Gasteiger partial charge in [-0.2, -0.15) is 0 Å². The van der Waals surface area contributed by atoms with Gasteiger partial charge in [0.05, 0.1) is 34.1 Å². The van der Waals surface area contributed by atoms with Crippen molar-refractivity contribution in [1.82, 2.24) is 0 Å². The van der Waals surface area contributed by atoms with Gasteiger partial charge in [0, 0.05) is 11.6 Å². The third-order valence-corrected chi connectivity index (χ3v) is 5.08. The molecule has 3 aromatic carbocycles. The maximum atomic E-state index is 12.6. The van der Waals surface area contributed by atoms with Gasteiger partial charge in [0.15, 0.2) is 23.0 Å². The van der Waals surface area contributed by atoms with Gasteiger partial charge in [-0.05, 0) is 53.6 Å². The van der Waals surface area contributed by atoms with Crippen molar-refractivity contribution < 1.29 is 34.0 Å². The third-order valence-electron chi connectivity index (χ3n) is 5.08. The number of methoxy groups -OCH3 is 4. The minimum Gasteiger partial charge on any atom is -0.508 e. The highest BCUT2D eigenvalue weighted by Gasteiger charge is 2.15. The van der Waals surface area contributed by atoms with E-state index in [1.54, 1.807) is 54.6 Å². The van der Waals surface area contributed by atoms with Crippen LogP contribution in [0.2, 0.25) is 0 Å². The van der Waals surface area contributed by atoms with Gasteiger partial charge in [0.2, 0.25) is 11.7 Å². The molecular weight excluding hydrogens is 450 g/mol. The molecule has 8 heteroatoms. The minimum atomic E-state index is -0.473. The smallest absolute Gasteiger partial charge is 0.248 e. The monoisotopic (exact) mass is 477 g/mol. The van der Waals surface area contributed by atoms with Crippen LogP contribution in [-0.4, -0.2) is 44.6 Å². The molecule has 0 unspecified atom stereocenters. The Morgan fingerprint density at radius 1 is 0.771 bits per heavy atom. The normalized spacial score (nSPS) is 11.0. The quantitative estimate of drug-likeness (QED) is 0.227. The van der Waals surface area contributed by atoms with E-state index in [4.69, 9.17) is 18.9 Å². The number of carbonyl (C=O) groups excluding carboxylic acids is 1. The second kappa shape index (κ2) is 11.5. The lowest BCUT2D eigenvalue weighted by Crippen LogP contribution is -2.09. The number of hydrogen-bond donors (Lipinski definition) is 3. The molecule has 3 rings (SSSR count). The van der Waals surface area contributed by atoms with Crippen molar-refractivity contribution in [2.24, 2.45) is 0 Å². The Hall–Kier alpha value is -4.59. The molecule has 0 saturated heterocycles. The summed E-state index contributed by atoms with van der Waals surface area (Å²) in [6, 6.07) is 13.3. The lowest BCUT2D eigenvalue weighted by Gasteiger charge is -2.14. The molecule has 3 aromatic rings. The SMILES string of the molecule is COc1ccc(/C=C/c2cc(OC)c(OC)c(OC)c2)c(NC(=O)/C=C/c2cccc(O)c2)c1O. The largest absolute Gasteiger partial charge is 0.508 e. The number of rotatable bonds is 9. The van der Waals surface area contributed by atoms with Gasteiger partial charge in [-0.3, -0.25) is 4.79 Å². The second-order valence-electron chi connectivity index (χ2n) is 7.29. The summed E-state index contributed by atoms with van der Waals surface area (Å²) in [6.07, 6.45) is 6.37. The van der Waals surface area contributed by atoms with E-state index in [1.165, 1.54) is 46.6 Å². The van der Waals surface area contributed by atoms with Gasteiger partial charge in [0.1, 0.15) is 5.75 Å². The Labute approximate surface area is 203 Å². The van der Waals surface area contributed by atoms with Crippen LogP contribution in [0.5, 0.6) is 34.5 Å². The topological polar surface area (TPSA) is 106 Å². The molecule has 0 bridgehead atoms. The van der Waals surface area contributed by atoms with Crippen LogP contribution in [0.25, 0.3) is 18.2 Å². The highest BCUT2D eigenvalue weighted by Crippen LogP contribution is 2.40. The highest BCUT2D eigenvalue weighted by molar-refractivity contribution is 6.04. The summed E-state index contributed by atoms with van der Waals surface area (Å²) in [5.41, 5.74) is 2.11. The van der Waals surface area contributed by atoms with Gasteiger partial charge < -0.3 is 34.5 Å². The third kappa shape index (κ3) is 6.05. The van der Waals surface area contributed by atoms with Gasteiger partial charge in [-0.1, -0.05) is 24.3 Å². The van der Waals surface area contributed by atoms with Crippen molar-refractivity contribution >= 4 is 29.8 Å². The maximum Gasteiger partial charge on any atom is 0.248 e. The van der Waals surface area contributed by atoms with Crippen LogP contribution >= 0.6 is 0 Å². The van der Waals surface area contributed by atoms with E-state index in [0.29, 0.717) is 28.4 Å². The number of ether oxygens (including phenoxy) is 4. The Morgan fingerprint density at radius 2 is 1.46 bits per heavy atom. The zero-order valence-corrected chi connectivity index (χ0v) is 19.9. The summed E-state index contributed by atoms with van der Waals surface area (Å²) in [6.45, 7) is 0. The molecule has 0 atom stereocenters. The molecule has 8 nitrogen and oxygen atoms in total. The standard InChI is InChI=1S/C27H27NO7/c1-32-21-12-11-19(10-8-18-15-22(33-2)27(35-4)23(16-18)34-3)25(26(21)31)28-24(30)13-9-17-6-5-7-20(29)14-17/h5-16,29,31H,1-4H3,(H,28,30)/b10-8+,13-9+. The summed E-state index contributed by atoms with van der Waals surface area (Å²) in [4.78, 5) is 12.6. The lowest BCUT2D eigenvalue weighted by atomic mass is 10.1. The first-order valence-electron chi connectivity index (χ1n) is 10.6. The molecule has 1 amide bonds. The average molecular weight is 478 g/mol. The molecule has 0 aliphatic carbocycles. The highest BCUT2D eigenvalue weighted by atomic mass is 16.5. The molecule has 3 N–H and O–H groups in total. The van der Waals surface area contributed by atoms with Crippen molar-refractivity contribution in [3.63, 3.8) is 0 Å². The number of anilines is 1. The fraction of sp³-hybridized carbons (Fsp3) is 0.148. The zero-order chi connectivity index (χ0) is 25.4. The van der Waals surface area contributed by atoms with E-state index < -0.39 is 5.91 Å². The summed E-state index contributed by atoms with van der Waals surface area (Å²) in [7, 11) is 6.02.